The van der Waals surface area contributed by atoms with Gasteiger partial charge in [-0.15, -0.1) is 0 Å². The van der Waals surface area contributed by atoms with Gasteiger partial charge in [-0.3, -0.25) is 4.79 Å². The zero-order valence-corrected chi connectivity index (χ0v) is 10.6. The van der Waals surface area contributed by atoms with Crippen molar-refractivity contribution in [2.75, 3.05) is 0 Å². The minimum absolute atomic E-state index is 0.153. The molecule has 1 atom stereocenters. The fraction of sp³-hybridized carbons (Fsp3) is 0.250. The monoisotopic (exact) mass is 280 g/mol. The number of nitrogens with zero attached hydrogens (tertiary/aromatic N) is 1. The summed E-state index contributed by atoms with van der Waals surface area (Å²) < 4.78 is 3.11. The van der Waals surface area contributed by atoms with Crippen LogP contribution in [-0.2, 0) is 11.3 Å². The first kappa shape index (κ1) is 11.2. The Morgan fingerprint density at radius 3 is 2.94 bits per heavy atom. The van der Waals surface area contributed by atoms with Crippen LogP contribution in [0.3, 0.4) is 0 Å². The van der Waals surface area contributed by atoms with Crippen LogP contribution in [-0.4, -0.2) is 10.5 Å². The minimum atomic E-state index is -0.265. The van der Waals surface area contributed by atoms with E-state index >= 15 is 0 Å². The summed E-state index contributed by atoms with van der Waals surface area (Å²) in [5.41, 5.74) is 6.38. The molecule has 0 aliphatic carbocycles. The molecule has 84 valence electrons. The number of benzene rings is 1. The Labute approximate surface area is 102 Å². The fourth-order valence-electron chi connectivity index (χ4n) is 1.72. The zero-order chi connectivity index (χ0) is 11.7. The molecule has 3 nitrogen and oxygen atoms in total. The van der Waals surface area contributed by atoms with Crippen molar-refractivity contribution in [2.24, 2.45) is 11.7 Å². The Hall–Kier alpha value is -1.29. The van der Waals surface area contributed by atoms with E-state index in [0.717, 1.165) is 15.4 Å². The van der Waals surface area contributed by atoms with Gasteiger partial charge in [0.25, 0.3) is 0 Å². The summed E-state index contributed by atoms with van der Waals surface area (Å²) in [6.45, 7) is 2.47. The Balaban J connectivity index is 2.35. The summed E-state index contributed by atoms with van der Waals surface area (Å²) in [6, 6.07) is 8.12. The molecule has 2 aromatic rings. The number of amides is 1. The number of nitrogens with two attached hydrogens (primary N) is 1. The van der Waals surface area contributed by atoms with Gasteiger partial charge in [0.05, 0.1) is 5.92 Å². The molecule has 1 aromatic heterocycles. The van der Waals surface area contributed by atoms with E-state index in [1.54, 1.807) is 0 Å². The first-order valence-electron chi connectivity index (χ1n) is 5.11. The van der Waals surface area contributed by atoms with Crippen LogP contribution in [0.15, 0.2) is 34.9 Å². The van der Waals surface area contributed by atoms with E-state index in [1.165, 1.54) is 0 Å². The summed E-state index contributed by atoms with van der Waals surface area (Å²) in [6.07, 6.45) is 1.98. The van der Waals surface area contributed by atoms with E-state index in [-0.39, 0.29) is 11.8 Å². The molecule has 0 aliphatic rings. The van der Waals surface area contributed by atoms with Gasteiger partial charge in [0.15, 0.2) is 0 Å². The fourth-order valence-corrected chi connectivity index (χ4v) is 2.09. The number of primary amides is 1. The third-order valence-corrected chi connectivity index (χ3v) is 3.18. The van der Waals surface area contributed by atoms with Crippen LogP contribution in [0.2, 0.25) is 0 Å². The van der Waals surface area contributed by atoms with Gasteiger partial charge in [-0.25, -0.2) is 0 Å². The lowest BCUT2D eigenvalue weighted by atomic mass is 10.1. The number of hydrogen-bond acceptors (Lipinski definition) is 1. The van der Waals surface area contributed by atoms with E-state index in [9.17, 15) is 4.79 Å². The smallest absolute Gasteiger partial charge is 0.222 e. The molecule has 0 saturated carbocycles. The lowest BCUT2D eigenvalue weighted by Crippen LogP contribution is -2.24. The normalized spacial score (nSPS) is 12.9. The first-order chi connectivity index (χ1) is 7.58. The molecule has 0 aliphatic heterocycles. The number of carbonyl (C=O) groups excluding carboxylic acids is 1. The number of halogens is 1. The standard InChI is InChI=1S/C12H13BrN2O/c1-8(12(14)16)7-15-5-4-9-6-10(13)2-3-11(9)15/h2-6,8H,7H2,1H3,(H2,14,16). The van der Waals surface area contributed by atoms with Crippen molar-refractivity contribution < 1.29 is 4.79 Å². The summed E-state index contributed by atoms with van der Waals surface area (Å²) in [7, 11) is 0. The summed E-state index contributed by atoms with van der Waals surface area (Å²) in [4.78, 5) is 11.0. The van der Waals surface area contributed by atoms with Crippen LogP contribution in [0, 0.1) is 5.92 Å². The third-order valence-electron chi connectivity index (χ3n) is 2.69. The highest BCUT2D eigenvalue weighted by Crippen LogP contribution is 2.21. The minimum Gasteiger partial charge on any atom is -0.369 e. The number of aromatic nitrogens is 1. The second-order valence-electron chi connectivity index (χ2n) is 3.97. The molecule has 2 rings (SSSR count). The highest BCUT2D eigenvalue weighted by Gasteiger charge is 2.10. The lowest BCUT2D eigenvalue weighted by molar-refractivity contribution is -0.121. The maximum atomic E-state index is 11.0. The maximum Gasteiger partial charge on any atom is 0.222 e. The number of fused-ring (bicyclic) bond motifs is 1. The van der Waals surface area contributed by atoms with E-state index in [1.807, 2.05) is 31.3 Å². The molecule has 0 spiro atoms. The lowest BCUT2D eigenvalue weighted by Gasteiger charge is -2.09. The molecule has 0 fully saturated rings. The van der Waals surface area contributed by atoms with Gasteiger partial charge in [0.2, 0.25) is 5.91 Å². The van der Waals surface area contributed by atoms with Gasteiger partial charge >= 0.3 is 0 Å². The van der Waals surface area contributed by atoms with Crippen LogP contribution in [0.25, 0.3) is 10.9 Å². The molecule has 1 aromatic carbocycles. The van der Waals surface area contributed by atoms with Gasteiger partial charge in [-0.1, -0.05) is 22.9 Å². The molecule has 0 saturated heterocycles. The van der Waals surface area contributed by atoms with Gasteiger partial charge in [0.1, 0.15) is 0 Å². The molecule has 0 radical (unpaired) electrons. The third kappa shape index (κ3) is 2.11. The predicted octanol–water partition coefficient (Wildman–Crippen LogP) is 2.53. The van der Waals surface area contributed by atoms with Crippen molar-refractivity contribution >= 4 is 32.7 Å². The molecule has 1 amide bonds. The first-order valence-corrected chi connectivity index (χ1v) is 5.91. The number of carbonyl (C=O) groups is 1. The van der Waals surface area contributed by atoms with Crippen molar-refractivity contribution in [1.29, 1.82) is 0 Å². The highest BCUT2D eigenvalue weighted by molar-refractivity contribution is 9.10. The molecular weight excluding hydrogens is 268 g/mol. The van der Waals surface area contributed by atoms with Gasteiger partial charge in [-0.05, 0) is 24.3 Å². The van der Waals surface area contributed by atoms with Crippen LogP contribution in [0.5, 0.6) is 0 Å². The van der Waals surface area contributed by atoms with Crippen LogP contribution in [0.1, 0.15) is 6.92 Å². The highest BCUT2D eigenvalue weighted by atomic mass is 79.9. The second kappa shape index (κ2) is 4.29. The molecule has 1 heterocycles. The molecule has 16 heavy (non-hydrogen) atoms. The summed E-state index contributed by atoms with van der Waals surface area (Å²) in [5, 5.41) is 1.16. The zero-order valence-electron chi connectivity index (χ0n) is 8.98. The quantitative estimate of drug-likeness (QED) is 0.923. The van der Waals surface area contributed by atoms with Crippen molar-refractivity contribution in [3.8, 4) is 0 Å². The molecule has 4 heteroatoms. The van der Waals surface area contributed by atoms with Crippen molar-refractivity contribution in [1.82, 2.24) is 4.57 Å². The largest absolute Gasteiger partial charge is 0.369 e. The Bertz CT molecular complexity index is 533. The van der Waals surface area contributed by atoms with Crippen LogP contribution < -0.4 is 5.73 Å². The molecule has 0 bridgehead atoms. The SMILES string of the molecule is CC(Cn1ccc2cc(Br)ccc21)C(N)=O. The Morgan fingerprint density at radius 1 is 1.50 bits per heavy atom. The van der Waals surface area contributed by atoms with Gasteiger partial charge < -0.3 is 10.3 Å². The number of rotatable bonds is 3. The summed E-state index contributed by atoms with van der Waals surface area (Å²) >= 11 is 3.43. The molecular formula is C12H13BrN2O. The second-order valence-corrected chi connectivity index (χ2v) is 4.89. The molecule has 1 unspecified atom stereocenters. The van der Waals surface area contributed by atoms with Crippen LogP contribution in [0.4, 0.5) is 0 Å². The van der Waals surface area contributed by atoms with Gasteiger partial charge in [-0.2, -0.15) is 0 Å². The van der Waals surface area contributed by atoms with Gasteiger partial charge in [0, 0.05) is 28.1 Å². The molecule has 2 N–H and O–H groups in total. The van der Waals surface area contributed by atoms with Crippen molar-refractivity contribution in [3.05, 3.63) is 34.9 Å². The maximum absolute atomic E-state index is 11.0. The van der Waals surface area contributed by atoms with E-state index in [0.29, 0.717) is 6.54 Å². The summed E-state index contributed by atoms with van der Waals surface area (Å²) in [5.74, 6) is -0.418. The van der Waals surface area contributed by atoms with E-state index in [2.05, 4.69) is 26.6 Å². The number of hydrogen-bond donors (Lipinski definition) is 1. The van der Waals surface area contributed by atoms with E-state index < -0.39 is 0 Å². The average molecular weight is 281 g/mol. The Morgan fingerprint density at radius 2 is 2.25 bits per heavy atom. The van der Waals surface area contributed by atoms with Crippen LogP contribution >= 0.6 is 15.9 Å². The van der Waals surface area contributed by atoms with Crippen molar-refractivity contribution in [3.63, 3.8) is 0 Å². The van der Waals surface area contributed by atoms with E-state index in [4.69, 9.17) is 5.73 Å². The van der Waals surface area contributed by atoms with Crippen molar-refractivity contribution in [2.45, 2.75) is 13.5 Å². The predicted molar refractivity (Wildman–Crippen MR) is 68.0 cm³/mol. The topological polar surface area (TPSA) is 48.0 Å². The average Bonchev–Trinajstić information content (AvgIpc) is 2.60. The Kier molecular flexibility index (Phi) is 3.01.